The summed E-state index contributed by atoms with van der Waals surface area (Å²) in [6.07, 6.45) is 9.57. The standard InChI is InChI=1S/C32H50O2/c1-11-12-13-14-15-16-17-23(4)28-18-24(5)31(25(6)19-28)34-32(9,10)29-20-26(7)30(27(8)21-29)33-22(2)3/h18-23H,11-17H2,1-10H3. The molecule has 0 heterocycles. The quantitative estimate of drug-likeness (QED) is 0.273. The van der Waals surface area contributed by atoms with E-state index in [0.717, 1.165) is 22.6 Å². The summed E-state index contributed by atoms with van der Waals surface area (Å²) in [5, 5.41) is 0. The van der Waals surface area contributed by atoms with Crippen LogP contribution in [0.1, 0.15) is 126 Å². The number of hydrogen-bond acceptors (Lipinski definition) is 2. The van der Waals surface area contributed by atoms with Gasteiger partial charge in [-0.2, -0.15) is 0 Å². The smallest absolute Gasteiger partial charge is 0.128 e. The van der Waals surface area contributed by atoms with Crippen molar-refractivity contribution < 1.29 is 9.47 Å². The van der Waals surface area contributed by atoms with Gasteiger partial charge in [0.1, 0.15) is 17.1 Å². The van der Waals surface area contributed by atoms with Crippen LogP contribution in [0.3, 0.4) is 0 Å². The molecule has 0 aromatic heterocycles. The maximum atomic E-state index is 6.71. The SMILES string of the molecule is CCCCCCCCC(C)c1cc(C)c(OC(C)(C)c2cc(C)c(OC(C)C)c(C)c2)c(C)c1. The van der Waals surface area contributed by atoms with E-state index in [1.165, 1.54) is 67.2 Å². The molecule has 0 bridgehead atoms. The molecule has 0 aliphatic carbocycles. The van der Waals surface area contributed by atoms with Crippen LogP contribution < -0.4 is 9.47 Å². The van der Waals surface area contributed by atoms with Crippen molar-refractivity contribution in [3.8, 4) is 11.5 Å². The molecule has 190 valence electrons. The van der Waals surface area contributed by atoms with Crippen LogP contribution in [-0.2, 0) is 5.60 Å². The molecule has 0 saturated carbocycles. The molecule has 2 aromatic rings. The number of ether oxygens (including phenoxy) is 2. The molecule has 0 spiro atoms. The average Bonchev–Trinajstić information content (AvgIpc) is 2.75. The maximum absolute atomic E-state index is 6.71. The van der Waals surface area contributed by atoms with Crippen LogP contribution in [0, 0.1) is 27.7 Å². The predicted octanol–water partition coefficient (Wildman–Crippen LogP) is 9.88. The van der Waals surface area contributed by atoms with E-state index in [4.69, 9.17) is 9.47 Å². The summed E-state index contributed by atoms with van der Waals surface area (Å²) in [6, 6.07) is 9.12. The van der Waals surface area contributed by atoms with Crippen LogP contribution in [0.5, 0.6) is 11.5 Å². The Morgan fingerprint density at radius 3 is 1.74 bits per heavy atom. The summed E-state index contributed by atoms with van der Waals surface area (Å²) in [5.74, 6) is 2.59. The lowest BCUT2D eigenvalue weighted by Crippen LogP contribution is -2.26. The molecule has 0 aliphatic rings. The minimum Gasteiger partial charge on any atom is -0.490 e. The Balaban J connectivity index is 2.14. The average molecular weight is 467 g/mol. The van der Waals surface area contributed by atoms with Gasteiger partial charge in [-0.3, -0.25) is 0 Å². The molecule has 1 atom stereocenters. The third-order valence-electron chi connectivity index (χ3n) is 6.91. The molecule has 0 amide bonds. The van der Waals surface area contributed by atoms with Crippen molar-refractivity contribution in [3.63, 3.8) is 0 Å². The van der Waals surface area contributed by atoms with Gasteiger partial charge in [-0.25, -0.2) is 0 Å². The summed E-state index contributed by atoms with van der Waals surface area (Å²) in [5.41, 5.74) is 6.96. The first-order valence-corrected chi connectivity index (χ1v) is 13.5. The second kappa shape index (κ2) is 12.7. The van der Waals surface area contributed by atoms with E-state index in [9.17, 15) is 0 Å². The lowest BCUT2D eigenvalue weighted by Gasteiger charge is -2.31. The van der Waals surface area contributed by atoms with Gasteiger partial charge in [0.05, 0.1) is 6.10 Å². The van der Waals surface area contributed by atoms with E-state index in [1.54, 1.807) is 0 Å². The minimum absolute atomic E-state index is 0.166. The number of hydrogen-bond donors (Lipinski definition) is 0. The molecule has 2 aromatic carbocycles. The second-order valence-electron chi connectivity index (χ2n) is 11.2. The molecule has 0 aliphatic heterocycles. The van der Waals surface area contributed by atoms with E-state index in [1.807, 2.05) is 0 Å². The number of rotatable bonds is 13. The summed E-state index contributed by atoms with van der Waals surface area (Å²) in [4.78, 5) is 0. The van der Waals surface area contributed by atoms with Gasteiger partial charge >= 0.3 is 0 Å². The highest BCUT2D eigenvalue weighted by molar-refractivity contribution is 5.47. The topological polar surface area (TPSA) is 18.5 Å². The Labute approximate surface area is 210 Å². The summed E-state index contributed by atoms with van der Waals surface area (Å²) in [6.45, 7) is 21.8. The molecule has 0 fully saturated rings. The van der Waals surface area contributed by atoms with Gasteiger partial charge in [-0.15, -0.1) is 0 Å². The molecule has 2 rings (SSSR count). The van der Waals surface area contributed by atoms with Crippen LogP contribution in [0.15, 0.2) is 24.3 Å². The van der Waals surface area contributed by atoms with Crippen molar-refractivity contribution in [2.24, 2.45) is 0 Å². The fourth-order valence-corrected chi connectivity index (χ4v) is 4.86. The fraction of sp³-hybridized carbons (Fsp3) is 0.625. The first kappa shape index (κ1) is 28.3. The monoisotopic (exact) mass is 466 g/mol. The summed E-state index contributed by atoms with van der Waals surface area (Å²) < 4.78 is 12.8. The predicted molar refractivity (Wildman–Crippen MR) is 148 cm³/mol. The molecule has 34 heavy (non-hydrogen) atoms. The highest BCUT2D eigenvalue weighted by Crippen LogP contribution is 2.37. The molecule has 2 nitrogen and oxygen atoms in total. The molecule has 0 N–H and O–H groups in total. The number of unbranched alkanes of at least 4 members (excludes halogenated alkanes) is 5. The molecular weight excluding hydrogens is 416 g/mol. The van der Waals surface area contributed by atoms with Crippen LogP contribution in [0.25, 0.3) is 0 Å². The van der Waals surface area contributed by atoms with Crippen molar-refractivity contribution >= 4 is 0 Å². The van der Waals surface area contributed by atoms with Crippen LogP contribution in [0.2, 0.25) is 0 Å². The number of benzene rings is 2. The fourth-order valence-electron chi connectivity index (χ4n) is 4.86. The highest BCUT2D eigenvalue weighted by atomic mass is 16.5. The van der Waals surface area contributed by atoms with Gasteiger partial charge in [0, 0.05) is 0 Å². The van der Waals surface area contributed by atoms with Gasteiger partial charge in [0.25, 0.3) is 0 Å². The second-order valence-corrected chi connectivity index (χ2v) is 11.2. The minimum atomic E-state index is -0.437. The Kier molecular flexibility index (Phi) is 10.5. The van der Waals surface area contributed by atoms with Crippen molar-refractivity contribution in [1.82, 2.24) is 0 Å². The molecule has 0 saturated heterocycles. The zero-order valence-electron chi connectivity index (χ0n) is 23.7. The van der Waals surface area contributed by atoms with Crippen LogP contribution in [-0.4, -0.2) is 6.10 Å². The summed E-state index contributed by atoms with van der Waals surface area (Å²) >= 11 is 0. The zero-order valence-corrected chi connectivity index (χ0v) is 23.7. The zero-order chi connectivity index (χ0) is 25.5. The molecule has 2 heteroatoms. The third-order valence-corrected chi connectivity index (χ3v) is 6.91. The Hall–Kier alpha value is -1.96. The van der Waals surface area contributed by atoms with Crippen molar-refractivity contribution in [3.05, 3.63) is 57.6 Å². The number of aryl methyl sites for hydroxylation is 4. The largest absolute Gasteiger partial charge is 0.490 e. The van der Waals surface area contributed by atoms with E-state index in [2.05, 4.69) is 93.5 Å². The van der Waals surface area contributed by atoms with E-state index >= 15 is 0 Å². The maximum Gasteiger partial charge on any atom is 0.128 e. The van der Waals surface area contributed by atoms with Crippen LogP contribution in [0.4, 0.5) is 0 Å². The van der Waals surface area contributed by atoms with Gasteiger partial charge in [0.2, 0.25) is 0 Å². The Morgan fingerprint density at radius 1 is 0.706 bits per heavy atom. The lowest BCUT2D eigenvalue weighted by atomic mass is 9.91. The van der Waals surface area contributed by atoms with Gasteiger partial charge in [-0.05, 0) is 113 Å². The van der Waals surface area contributed by atoms with Gasteiger partial charge in [0.15, 0.2) is 0 Å². The van der Waals surface area contributed by atoms with Crippen LogP contribution >= 0.6 is 0 Å². The van der Waals surface area contributed by atoms with Gasteiger partial charge < -0.3 is 9.47 Å². The first-order valence-electron chi connectivity index (χ1n) is 13.5. The Morgan fingerprint density at radius 2 is 1.21 bits per heavy atom. The Bertz CT molecular complexity index is 877. The normalized spacial score (nSPS) is 12.8. The molecule has 0 radical (unpaired) electrons. The van der Waals surface area contributed by atoms with E-state index < -0.39 is 5.60 Å². The van der Waals surface area contributed by atoms with Crippen molar-refractivity contribution in [1.29, 1.82) is 0 Å². The van der Waals surface area contributed by atoms with Crippen molar-refractivity contribution in [2.75, 3.05) is 0 Å². The third kappa shape index (κ3) is 7.79. The van der Waals surface area contributed by atoms with Crippen molar-refractivity contribution in [2.45, 2.75) is 132 Å². The highest BCUT2D eigenvalue weighted by Gasteiger charge is 2.26. The lowest BCUT2D eigenvalue weighted by molar-refractivity contribution is 0.106. The van der Waals surface area contributed by atoms with Gasteiger partial charge in [-0.1, -0.05) is 64.5 Å². The molecular formula is C32H50O2. The van der Waals surface area contributed by atoms with E-state index in [-0.39, 0.29) is 6.10 Å². The molecule has 1 unspecified atom stereocenters. The summed E-state index contributed by atoms with van der Waals surface area (Å²) in [7, 11) is 0. The first-order chi connectivity index (χ1) is 16.0. The van der Waals surface area contributed by atoms with E-state index in [0.29, 0.717) is 5.92 Å².